The number of Topliss-reactive ketones (excluding diaryl/α,β-unsaturated/α-hetero) is 1. The average molecular weight is 428 g/mol. The summed E-state index contributed by atoms with van der Waals surface area (Å²) in [7, 11) is 0. The Hall–Kier alpha value is -3.32. The Balaban J connectivity index is 1.50. The standard InChI is InChI=1S/C22H19ClFN3O3/c23-17-5-1-16(2-6-17)20(28)10-11-21(29)25-13-14-27-22(30)12-9-19(26-27)15-3-7-18(24)8-4-15/h1-9,12H,10-11,13-14H2,(H,25,29). The maximum atomic E-state index is 13.1. The summed E-state index contributed by atoms with van der Waals surface area (Å²) in [6.07, 6.45) is 0.116. The number of carbonyl (C=O) groups excluding carboxylic acids is 2. The highest BCUT2D eigenvalue weighted by Crippen LogP contribution is 2.15. The predicted octanol–water partition coefficient (Wildman–Crippen LogP) is 3.48. The van der Waals surface area contributed by atoms with Crippen molar-refractivity contribution < 1.29 is 14.0 Å². The maximum Gasteiger partial charge on any atom is 0.266 e. The van der Waals surface area contributed by atoms with Crippen molar-refractivity contribution in [2.45, 2.75) is 19.4 Å². The molecule has 0 atom stereocenters. The number of hydrogen-bond acceptors (Lipinski definition) is 4. The van der Waals surface area contributed by atoms with Crippen molar-refractivity contribution in [3.63, 3.8) is 0 Å². The van der Waals surface area contributed by atoms with Crippen molar-refractivity contribution in [1.82, 2.24) is 15.1 Å². The summed E-state index contributed by atoms with van der Waals surface area (Å²) in [5.74, 6) is -0.795. The Morgan fingerprint density at radius 2 is 1.67 bits per heavy atom. The van der Waals surface area contributed by atoms with E-state index in [1.165, 1.54) is 22.9 Å². The zero-order valence-electron chi connectivity index (χ0n) is 16.0. The number of hydrogen-bond donors (Lipinski definition) is 1. The number of rotatable bonds is 8. The van der Waals surface area contributed by atoms with Crippen LogP contribution in [0, 0.1) is 5.82 Å². The van der Waals surface area contributed by atoms with Crippen LogP contribution >= 0.6 is 11.6 Å². The molecule has 0 aliphatic carbocycles. The third-order valence-corrected chi connectivity index (χ3v) is 4.65. The molecule has 0 spiro atoms. The molecule has 0 saturated heterocycles. The molecular weight excluding hydrogens is 409 g/mol. The molecule has 1 amide bonds. The Morgan fingerprint density at radius 3 is 2.37 bits per heavy atom. The van der Waals surface area contributed by atoms with Crippen LogP contribution in [0.2, 0.25) is 5.02 Å². The minimum Gasteiger partial charge on any atom is -0.354 e. The van der Waals surface area contributed by atoms with Crippen molar-refractivity contribution in [2.75, 3.05) is 6.54 Å². The minimum absolute atomic E-state index is 0.0411. The first-order chi connectivity index (χ1) is 14.4. The predicted molar refractivity (Wildman–Crippen MR) is 112 cm³/mol. The van der Waals surface area contributed by atoms with E-state index in [1.807, 2.05) is 0 Å². The summed E-state index contributed by atoms with van der Waals surface area (Å²) in [6, 6.07) is 15.2. The summed E-state index contributed by atoms with van der Waals surface area (Å²) in [5, 5.41) is 7.47. The van der Waals surface area contributed by atoms with E-state index in [0.29, 0.717) is 21.8 Å². The minimum atomic E-state index is -0.357. The summed E-state index contributed by atoms with van der Waals surface area (Å²) in [5.41, 5.74) is 1.39. The molecule has 30 heavy (non-hydrogen) atoms. The fourth-order valence-corrected chi connectivity index (χ4v) is 2.91. The molecule has 154 valence electrons. The topological polar surface area (TPSA) is 81.1 Å². The van der Waals surface area contributed by atoms with Gasteiger partial charge in [0.15, 0.2) is 5.78 Å². The lowest BCUT2D eigenvalue weighted by Crippen LogP contribution is -2.32. The second-order valence-corrected chi connectivity index (χ2v) is 7.00. The van der Waals surface area contributed by atoms with Crippen LogP contribution in [0.3, 0.4) is 0 Å². The molecule has 3 aromatic rings. The number of carbonyl (C=O) groups is 2. The molecule has 0 bridgehead atoms. The Bertz CT molecular complexity index is 1100. The van der Waals surface area contributed by atoms with Crippen molar-refractivity contribution in [2.24, 2.45) is 0 Å². The van der Waals surface area contributed by atoms with Crippen LogP contribution in [-0.2, 0) is 11.3 Å². The molecule has 2 aromatic carbocycles. The van der Waals surface area contributed by atoms with Crippen LogP contribution in [0.15, 0.2) is 65.5 Å². The van der Waals surface area contributed by atoms with Crippen LogP contribution in [0.1, 0.15) is 23.2 Å². The number of aromatic nitrogens is 2. The van der Waals surface area contributed by atoms with Gasteiger partial charge < -0.3 is 5.32 Å². The summed E-state index contributed by atoms with van der Waals surface area (Å²) in [4.78, 5) is 36.1. The third-order valence-electron chi connectivity index (χ3n) is 4.40. The lowest BCUT2D eigenvalue weighted by atomic mass is 10.1. The largest absolute Gasteiger partial charge is 0.354 e. The molecule has 1 aromatic heterocycles. The molecule has 1 heterocycles. The Labute approximate surface area is 177 Å². The van der Waals surface area contributed by atoms with Gasteiger partial charge in [-0.15, -0.1) is 0 Å². The van der Waals surface area contributed by atoms with Crippen LogP contribution in [-0.4, -0.2) is 28.0 Å². The zero-order valence-corrected chi connectivity index (χ0v) is 16.7. The SMILES string of the molecule is O=C(CCC(=O)c1ccc(Cl)cc1)NCCn1nc(-c2ccc(F)cc2)ccc1=O. The summed E-state index contributed by atoms with van der Waals surface area (Å²) < 4.78 is 14.3. The van der Waals surface area contributed by atoms with Gasteiger partial charge in [-0.25, -0.2) is 9.07 Å². The van der Waals surface area contributed by atoms with Crippen molar-refractivity contribution in [3.05, 3.63) is 87.4 Å². The molecule has 0 aliphatic rings. The molecule has 0 radical (unpaired) electrons. The highest BCUT2D eigenvalue weighted by atomic mass is 35.5. The molecule has 8 heteroatoms. The first-order valence-corrected chi connectivity index (χ1v) is 9.70. The normalized spacial score (nSPS) is 10.6. The zero-order chi connectivity index (χ0) is 21.5. The van der Waals surface area contributed by atoms with Gasteiger partial charge in [0, 0.05) is 41.6 Å². The lowest BCUT2D eigenvalue weighted by molar-refractivity contribution is -0.121. The van der Waals surface area contributed by atoms with Gasteiger partial charge in [0.05, 0.1) is 12.2 Å². The molecule has 6 nitrogen and oxygen atoms in total. The second kappa shape index (κ2) is 9.93. The van der Waals surface area contributed by atoms with Gasteiger partial charge in [-0.3, -0.25) is 14.4 Å². The van der Waals surface area contributed by atoms with Gasteiger partial charge in [0.25, 0.3) is 5.56 Å². The van der Waals surface area contributed by atoms with Gasteiger partial charge in [-0.05, 0) is 54.6 Å². The van der Waals surface area contributed by atoms with Crippen LogP contribution in [0.25, 0.3) is 11.3 Å². The Morgan fingerprint density at radius 1 is 0.967 bits per heavy atom. The van der Waals surface area contributed by atoms with Crippen LogP contribution < -0.4 is 10.9 Å². The van der Waals surface area contributed by atoms with E-state index in [4.69, 9.17) is 11.6 Å². The van der Waals surface area contributed by atoms with Crippen LogP contribution in [0.5, 0.6) is 0 Å². The fourth-order valence-electron chi connectivity index (χ4n) is 2.78. The number of amides is 1. The highest BCUT2D eigenvalue weighted by Gasteiger charge is 2.10. The van der Waals surface area contributed by atoms with Crippen molar-refractivity contribution in [3.8, 4) is 11.3 Å². The average Bonchev–Trinajstić information content (AvgIpc) is 2.74. The third kappa shape index (κ3) is 5.84. The number of halogens is 2. The first-order valence-electron chi connectivity index (χ1n) is 9.32. The molecule has 0 unspecified atom stereocenters. The van der Waals surface area contributed by atoms with E-state index in [2.05, 4.69) is 10.4 Å². The highest BCUT2D eigenvalue weighted by molar-refractivity contribution is 6.30. The number of benzene rings is 2. The fraction of sp³-hybridized carbons (Fsp3) is 0.182. The molecular formula is C22H19ClFN3O3. The van der Waals surface area contributed by atoms with Gasteiger partial charge >= 0.3 is 0 Å². The molecule has 0 fully saturated rings. The van der Waals surface area contributed by atoms with Gasteiger partial charge in [0.1, 0.15) is 5.82 Å². The van der Waals surface area contributed by atoms with Gasteiger partial charge in [-0.2, -0.15) is 5.10 Å². The number of ketones is 1. The van der Waals surface area contributed by atoms with E-state index >= 15 is 0 Å². The van der Waals surface area contributed by atoms with Gasteiger partial charge in [-0.1, -0.05) is 11.6 Å². The molecule has 0 aliphatic heterocycles. The van der Waals surface area contributed by atoms with Crippen molar-refractivity contribution in [1.29, 1.82) is 0 Å². The van der Waals surface area contributed by atoms with E-state index in [9.17, 15) is 18.8 Å². The van der Waals surface area contributed by atoms with Crippen LogP contribution in [0.4, 0.5) is 4.39 Å². The van der Waals surface area contributed by atoms with E-state index < -0.39 is 0 Å². The van der Waals surface area contributed by atoms with Crippen molar-refractivity contribution >= 4 is 23.3 Å². The Kier molecular flexibility index (Phi) is 7.08. The number of nitrogens with zero attached hydrogens (tertiary/aromatic N) is 2. The van der Waals surface area contributed by atoms with Gasteiger partial charge in [0.2, 0.25) is 5.91 Å². The maximum absolute atomic E-state index is 13.1. The quantitative estimate of drug-likeness (QED) is 0.558. The molecule has 3 rings (SSSR count). The molecule has 0 saturated carbocycles. The first kappa shape index (κ1) is 21.4. The summed E-state index contributed by atoms with van der Waals surface area (Å²) in [6.45, 7) is 0.360. The summed E-state index contributed by atoms with van der Waals surface area (Å²) >= 11 is 5.79. The monoisotopic (exact) mass is 427 g/mol. The van der Waals surface area contributed by atoms with E-state index in [-0.39, 0.29) is 49.0 Å². The lowest BCUT2D eigenvalue weighted by Gasteiger charge is -2.09. The van der Waals surface area contributed by atoms with E-state index in [0.717, 1.165) is 0 Å². The number of nitrogens with one attached hydrogen (secondary N) is 1. The van der Waals surface area contributed by atoms with E-state index in [1.54, 1.807) is 42.5 Å². The second-order valence-electron chi connectivity index (χ2n) is 6.57. The molecule has 1 N–H and O–H groups in total. The smallest absolute Gasteiger partial charge is 0.266 e.